The highest BCUT2D eigenvalue weighted by molar-refractivity contribution is 7.91. The number of benzene rings is 1. The van der Waals surface area contributed by atoms with Crippen molar-refractivity contribution in [1.29, 1.82) is 0 Å². The summed E-state index contributed by atoms with van der Waals surface area (Å²) in [5, 5.41) is 4.37. The Morgan fingerprint density at radius 3 is 2.60 bits per heavy atom. The van der Waals surface area contributed by atoms with E-state index in [2.05, 4.69) is 5.10 Å². The topological polar surface area (TPSA) is 81.5 Å². The molecular weight excluding hydrogens is 433 g/mol. The molecule has 162 valence electrons. The summed E-state index contributed by atoms with van der Waals surface area (Å²) in [6.07, 6.45) is 4.11. The van der Waals surface area contributed by atoms with E-state index in [1.165, 1.54) is 13.2 Å². The van der Waals surface area contributed by atoms with Gasteiger partial charge in [-0.1, -0.05) is 11.6 Å². The van der Waals surface area contributed by atoms with Gasteiger partial charge in [-0.3, -0.25) is 0 Å². The molecule has 1 unspecified atom stereocenters. The maximum Gasteiger partial charge on any atom is 0.328 e. The number of ether oxygens (including phenoxy) is 1. The lowest BCUT2D eigenvalue weighted by atomic mass is 9.93. The monoisotopic (exact) mass is 455 g/mol. The van der Waals surface area contributed by atoms with E-state index in [0.29, 0.717) is 24.5 Å². The van der Waals surface area contributed by atoms with Crippen LogP contribution < -0.4 is 4.90 Å². The summed E-state index contributed by atoms with van der Waals surface area (Å²) in [5.74, 6) is -0.633. The number of esters is 1. The number of carbonyl (C=O) groups excluding carboxylic acids is 1. The first-order valence-corrected chi connectivity index (χ1v) is 11.8. The number of nitrogens with zero attached hydrogens (tertiary/aromatic N) is 3. The quantitative estimate of drug-likeness (QED) is 0.505. The van der Waals surface area contributed by atoms with Crippen molar-refractivity contribution < 1.29 is 22.3 Å². The van der Waals surface area contributed by atoms with Gasteiger partial charge in [0, 0.05) is 6.54 Å². The predicted molar refractivity (Wildman–Crippen MR) is 109 cm³/mol. The fourth-order valence-electron chi connectivity index (χ4n) is 4.19. The zero-order valence-electron chi connectivity index (χ0n) is 16.8. The Morgan fingerprint density at radius 2 is 2.00 bits per heavy atom. The highest BCUT2D eigenvalue weighted by atomic mass is 35.5. The van der Waals surface area contributed by atoms with E-state index in [1.807, 2.05) is 0 Å². The molecule has 0 N–H and O–H groups in total. The summed E-state index contributed by atoms with van der Waals surface area (Å²) in [7, 11) is -2.79. The van der Waals surface area contributed by atoms with Crippen LogP contribution >= 0.6 is 11.6 Å². The summed E-state index contributed by atoms with van der Waals surface area (Å²) < 4.78 is 47.5. The molecule has 4 rings (SSSR count). The van der Waals surface area contributed by atoms with Gasteiger partial charge in [-0.05, 0) is 57.2 Å². The first-order chi connectivity index (χ1) is 14.3. The van der Waals surface area contributed by atoms with Crippen LogP contribution in [0.4, 0.5) is 10.2 Å². The third kappa shape index (κ3) is 3.37. The Labute approximate surface area is 179 Å². The van der Waals surface area contributed by atoms with Crippen LogP contribution in [0.25, 0.3) is 0 Å². The third-order valence-electron chi connectivity index (χ3n) is 5.88. The van der Waals surface area contributed by atoms with Crippen LogP contribution in [0.3, 0.4) is 0 Å². The van der Waals surface area contributed by atoms with Gasteiger partial charge < -0.3 is 9.64 Å². The number of anilines is 1. The lowest BCUT2D eigenvalue weighted by Gasteiger charge is -2.32. The summed E-state index contributed by atoms with van der Waals surface area (Å²) in [4.78, 5) is 14.0. The highest BCUT2D eigenvalue weighted by Crippen LogP contribution is 2.43. The minimum absolute atomic E-state index is 0.0127. The Hall–Kier alpha value is -2.13. The van der Waals surface area contributed by atoms with Crippen LogP contribution in [-0.4, -0.2) is 43.9 Å². The van der Waals surface area contributed by atoms with Gasteiger partial charge in [0.1, 0.15) is 22.6 Å². The fourth-order valence-corrected chi connectivity index (χ4v) is 6.32. The number of carbonyl (C=O) groups is 1. The van der Waals surface area contributed by atoms with Crippen LogP contribution in [0.1, 0.15) is 43.8 Å². The number of halogens is 2. The zero-order chi connectivity index (χ0) is 21.6. The molecule has 7 nitrogen and oxygen atoms in total. The molecule has 1 atom stereocenters. The lowest BCUT2D eigenvalue weighted by molar-refractivity contribution is -0.141. The summed E-state index contributed by atoms with van der Waals surface area (Å²) in [6.45, 7) is 2.14. The molecule has 1 aromatic heterocycles. The van der Waals surface area contributed by atoms with Crippen molar-refractivity contribution in [1.82, 2.24) is 9.78 Å². The molecule has 2 aliphatic rings. The zero-order valence-corrected chi connectivity index (χ0v) is 18.3. The molecule has 2 fully saturated rings. The maximum atomic E-state index is 13.6. The van der Waals surface area contributed by atoms with Crippen molar-refractivity contribution in [2.24, 2.45) is 0 Å². The minimum Gasteiger partial charge on any atom is -0.467 e. The van der Waals surface area contributed by atoms with Crippen molar-refractivity contribution in [2.75, 3.05) is 18.6 Å². The molecule has 1 aliphatic carbocycles. The first kappa shape index (κ1) is 21.1. The standard InChI is InChI=1S/C20H23ClFN3O4S/c1-12-18(30(27,28)17-9-8-13(22)11-15(17)21)19(25(23-12)14-5-3-6-14)24-10-4-7-16(24)20(26)29-2/h8-9,11,14,16H,3-7,10H2,1-2H3. The second kappa shape index (κ2) is 7.85. The van der Waals surface area contributed by atoms with Crippen molar-refractivity contribution in [3.63, 3.8) is 0 Å². The molecular formula is C20H23ClFN3O4S. The Kier molecular flexibility index (Phi) is 5.52. The van der Waals surface area contributed by atoms with E-state index in [-0.39, 0.29) is 20.9 Å². The number of methoxy groups -OCH3 is 1. The van der Waals surface area contributed by atoms with E-state index in [1.54, 1.807) is 16.5 Å². The lowest BCUT2D eigenvalue weighted by Crippen LogP contribution is -2.39. The van der Waals surface area contributed by atoms with Gasteiger partial charge in [-0.25, -0.2) is 22.3 Å². The van der Waals surface area contributed by atoms with Gasteiger partial charge in [0.05, 0.1) is 28.8 Å². The number of sulfone groups is 1. The molecule has 1 aromatic carbocycles. The Morgan fingerprint density at radius 1 is 1.27 bits per heavy atom. The molecule has 1 saturated heterocycles. The van der Waals surface area contributed by atoms with Gasteiger partial charge in [-0.15, -0.1) is 0 Å². The van der Waals surface area contributed by atoms with Gasteiger partial charge in [0.2, 0.25) is 9.84 Å². The molecule has 0 spiro atoms. The van der Waals surface area contributed by atoms with Gasteiger partial charge in [0.25, 0.3) is 0 Å². The number of aromatic nitrogens is 2. The molecule has 0 amide bonds. The summed E-state index contributed by atoms with van der Waals surface area (Å²) in [6, 6.07) is 2.70. The van der Waals surface area contributed by atoms with Crippen LogP contribution in [0.2, 0.25) is 5.02 Å². The Balaban J connectivity index is 1.92. The van der Waals surface area contributed by atoms with E-state index in [9.17, 15) is 17.6 Å². The molecule has 1 aliphatic heterocycles. The second-order valence-electron chi connectivity index (χ2n) is 7.72. The van der Waals surface area contributed by atoms with E-state index in [4.69, 9.17) is 16.3 Å². The number of hydrogen-bond acceptors (Lipinski definition) is 6. The summed E-state index contributed by atoms with van der Waals surface area (Å²) in [5.41, 5.74) is 0.327. The van der Waals surface area contributed by atoms with Crippen molar-refractivity contribution >= 4 is 33.2 Å². The average Bonchev–Trinajstić information content (AvgIpc) is 3.23. The third-order valence-corrected chi connectivity index (χ3v) is 8.25. The SMILES string of the molecule is COC(=O)C1CCCN1c1c(S(=O)(=O)c2ccc(F)cc2Cl)c(C)nn1C1CCC1. The smallest absolute Gasteiger partial charge is 0.328 e. The van der Waals surface area contributed by atoms with Crippen molar-refractivity contribution in [2.45, 2.75) is 60.9 Å². The van der Waals surface area contributed by atoms with Gasteiger partial charge >= 0.3 is 5.97 Å². The Bertz CT molecular complexity index is 1100. The van der Waals surface area contributed by atoms with Crippen molar-refractivity contribution in [3.05, 3.63) is 34.7 Å². The highest BCUT2D eigenvalue weighted by Gasteiger charge is 2.41. The van der Waals surface area contributed by atoms with Crippen LogP contribution in [0.15, 0.2) is 28.0 Å². The predicted octanol–water partition coefficient (Wildman–Crippen LogP) is 3.68. The number of hydrogen-bond donors (Lipinski definition) is 0. The number of aryl methyl sites for hydroxylation is 1. The summed E-state index contributed by atoms with van der Waals surface area (Å²) >= 11 is 6.10. The normalized spacial score (nSPS) is 19.7. The van der Waals surface area contributed by atoms with E-state index >= 15 is 0 Å². The molecule has 0 bridgehead atoms. The van der Waals surface area contributed by atoms with Gasteiger partial charge in [0.15, 0.2) is 0 Å². The molecule has 10 heteroatoms. The van der Waals surface area contributed by atoms with Gasteiger partial charge in [-0.2, -0.15) is 5.10 Å². The largest absolute Gasteiger partial charge is 0.467 e. The van der Waals surface area contributed by atoms with Crippen LogP contribution in [0, 0.1) is 12.7 Å². The minimum atomic E-state index is -4.11. The maximum absolute atomic E-state index is 13.6. The van der Waals surface area contributed by atoms with Crippen LogP contribution in [0.5, 0.6) is 0 Å². The first-order valence-electron chi connectivity index (χ1n) is 9.89. The number of rotatable bonds is 5. The van der Waals surface area contributed by atoms with Crippen molar-refractivity contribution in [3.8, 4) is 0 Å². The molecule has 1 saturated carbocycles. The molecule has 30 heavy (non-hydrogen) atoms. The molecule has 2 heterocycles. The molecule has 2 aromatic rings. The van der Waals surface area contributed by atoms with E-state index < -0.39 is 27.7 Å². The second-order valence-corrected chi connectivity index (χ2v) is 9.98. The molecule has 0 radical (unpaired) electrons. The van der Waals surface area contributed by atoms with Crippen LogP contribution in [-0.2, 0) is 19.4 Å². The average molecular weight is 456 g/mol. The fraction of sp³-hybridized carbons (Fsp3) is 0.500. The van der Waals surface area contributed by atoms with E-state index in [0.717, 1.165) is 37.8 Å².